The topological polar surface area (TPSA) is 64.9 Å². The third-order valence-electron chi connectivity index (χ3n) is 4.90. The minimum atomic E-state index is -0.508. The van der Waals surface area contributed by atoms with Gasteiger partial charge in [0.05, 0.1) is 12.1 Å². The molecule has 0 aromatic heterocycles. The summed E-state index contributed by atoms with van der Waals surface area (Å²) >= 11 is 1.73. The third-order valence-corrected chi connectivity index (χ3v) is 5.62. The van der Waals surface area contributed by atoms with Gasteiger partial charge in [0, 0.05) is 11.3 Å². The Balaban J connectivity index is 1.62. The molecule has 2 aromatic carbocycles. The molecule has 1 heterocycles. The van der Waals surface area contributed by atoms with Crippen LogP contribution in [0.4, 0.5) is 0 Å². The van der Waals surface area contributed by atoms with Crippen LogP contribution in [-0.2, 0) is 11.2 Å². The summed E-state index contributed by atoms with van der Waals surface area (Å²) in [5.74, 6) is -0.0632. The molecular formula is C22H25N3OS. The van der Waals surface area contributed by atoms with Crippen molar-refractivity contribution in [1.29, 1.82) is 5.26 Å². The first-order chi connectivity index (χ1) is 13.2. The summed E-state index contributed by atoms with van der Waals surface area (Å²) in [5, 5.41) is 15.5. The first kappa shape index (κ1) is 19.5. The molecule has 0 unspecified atom stereocenters. The Morgan fingerprint density at radius 1 is 1.26 bits per heavy atom. The number of rotatable bonds is 6. The maximum Gasteiger partial charge on any atom is 0.238 e. The Labute approximate surface area is 165 Å². The number of carbonyl (C=O) groups is 1. The predicted molar refractivity (Wildman–Crippen MR) is 111 cm³/mol. The number of nitrogens with zero attached hydrogens (tertiary/aromatic N) is 1. The van der Waals surface area contributed by atoms with Gasteiger partial charge in [0.15, 0.2) is 0 Å². The van der Waals surface area contributed by atoms with Crippen molar-refractivity contribution in [1.82, 2.24) is 10.6 Å². The largest absolute Gasteiger partial charge is 0.339 e. The van der Waals surface area contributed by atoms with Crippen molar-refractivity contribution in [2.75, 3.05) is 12.8 Å². The van der Waals surface area contributed by atoms with Crippen molar-refractivity contribution in [3.63, 3.8) is 0 Å². The Morgan fingerprint density at radius 3 is 2.74 bits per heavy atom. The molecule has 1 amide bonds. The van der Waals surface area contributed by atoms with Gasteiger partial charge in [-0.3, -0.25) is 4.79 Å². The lowest BCUT2D eigenvalue weighted by molar-refractivity contribution is -0.124. The number of nitriles is 1. The van der Waals surface area contributed by atoms with Crippen molar-refractivity contribution >= 4 is 17.7 Å². The second-order valence-electron chi connectivity index (χ2n) is 6.83. The monoisotopic (exact) mass is 379 g/mol. The van der Waals surface area contributed by atoms with Crippen LogP contribution < -0.4 is 10.6 Å². The molecule has 2 aromatic rings. The Bertz CT molecular complexity index is 807. The minimum absolute atomic E-state index is 0.0632. The molecule has 1 saturated heterocycles. The minimum Gasteiger partial charge on any atom is -0.339 e. The number of amides is 1. The van der Waals surface area contributed by atoms with Crippen molar-refractivity contribution < 1.29 is 4.79 Å². The standard InChI is InChI=1S/C22H25N3OS/c1-27-20-6-4-5-18(14-20)17-10-8-16(9-11-17)13-19(15-23)25-22(26)21-7-2-3-12-24-21/h4-6,8-11,14,19,21,24H,2-3,7,12-13H2,1H3,(H,25,26)/t19-,21-/m0/s1. The molecule has 0 radical (unpaired) electrons. The predicted octanol–water partition coefficient (Wildman–Crippen LogP) is 3.77. The van der Waals surface area contributed by atoms with Crippen LogP contribution in [0.2, 0.25) is 0 Å². The normalized spacial score (nSPS) is 17.7. The van der Waals surface area contributed by atoms with Gasteiger partial charge in [-0.15, -0.1) is 11.8 Å². The lowest BCUT2D eigenvalue weighted by Crippen LogP contribution is -2.49. The van der Waals surface area contributed by atoms with Crippen LogP contribution in [0.15, 0.2) is 53.4 Å². The van der Waals surface area contributed by atoms with E-state index >= 15 is 0 Å². The molecule has 1 aliphatic rings. The number of benzene rings is 2. The lowest BCUT2D eigenvalue weighted by atomic mass is 10.00. The maximum absolute atomic E-state index is 12.3. The molecule has 1 fully saturated rings. The highest BCUT2D eigenvalue weighted by Crippen LogP contribution is 2.25. The van der Waals surface area contributed by atoms with E-state index in [2.05, 4.69) is 59.4 Å². The highest BCUT2D eigenvalue weighted by molar-refractivity contribution is 7.98. The van der Waals surface area contributed by atoms with Crippen LogP contribution in [-0.4, -0.2) is 30.8 Å². The summed E-state index contributed by atoms with van der Waals surface area (Å²) in [6, 6.07) is 18.2. The quantitative estimate of drug-likeness (QED) is 0.750. The number of hydrogen-bond acceptors (Lipinski definition) is 4. The van der Waals surface area contributed by atoms with Crippen LogP contribution in [0.3, 0.4) is 0 Å². The van der Waals surface area contributed by atoms with Gasteiger partial charge in [-0.05, 0) is 54.5 Å². The van der Waals surface area contributed by atoms with Crippen LogP contribution in [0.1, 0.15) is 24.8 Å². The molecule has 4 nitrogen and oxygen atoms in total. The molecular weight excluding hydrogens is 354 g/mol. The van der Waals surface area contributed by atoms with E-state index < -0.39 is 6.04 Å². The van der Waals surface area contributed by atoms with Gasteiger partial charge in [-0.1, -0.05) is 42.8 Å². The fraction of sp³-hybridized carbons (Fsp3) is 0.364. The zero-order valence-corrected chi connectivity index (χ0v) is 16.4. The Kier molecular flexibility index (Phi) is 6.92. The smallest absolute Gasteiger partial charge is 0.238 e. The Morgan fingerprint density at radius 2 is 2.07 bits per heavy atom. The average molecular weight is 380 g/mol. The summed E-state index contributed by atoms with van der Waals surface area (Å²) < 4.78 is 0. The van der Waals surface area contributed by atoms with E-state index in [1.165, 1.54) is 10.5 Å². The van der Waals surface area contributed by atoms with Crippen LogP contribution in [0.25, 0.3) is 11.1 Å². The molecule has 3 rings (SSSR count). The summed E-state index contributed by atoms with van der Waals surface area (Å²) in [6.07, 6.45) is 5.59. The first-order valence-electron chi connectivity index (χ1n) is 9.36. The van der Waals surface area contributed by atoms with Crippen molar-refractivity contribution in [3.8, 4) is 17.2 Å². The van der Waals surface area contributed by atoms with E-state index in [4.69, 9.17) is 0 Å². The van der Waals surface area contributed by atoms with Gasteiger partial charge in [-0.25, -0.2) is 0 Å². The van der Waals surface area contributed by atoms with E-state index in [9.17, 15) is 10.1 Å². The lowest BCUT2D eigenvalue weighted by Gasteiger charge is -2.23. The second kappa shape index (κ2) is 9.59. The SMILES string of the molecule is CSc1cccc(-c2ccc(C[C@@H](C#N)NC(=O)[C@@H]3CCCCN3)cc2)c1. The average Bonchev–Trinajstić information content (AvgIpc) is 2.74. The molecule has 27 heavy (non-hydrogen) atoms. The van der Waals surface area contributed by atoms with Gasteiger partial charge >= 0.3 is 0 Å². The van der Waals surface area contributed by atoms with E-state index in [0.717, 1.165) is 36.9 Å². The second-order valence-corrected chi connectivity index (χ2v) is 7.71. The number of thioether (sulfide) groups is 1. The number of hydrogen-bond donors (Lipinski definition) is 2. The number of piperidine rings is 1. The highest BCUT2D eigenvalue weighted by atomic mass is 32.2. The van der Waals surface area contributed by atoms with Crippen LogP contribution >= 0.6 is 11.8 Å². The molecule has 0 spiro atoms. The molecule has 1 aliphatic heterocycles. The Hall–Kier alpha value is -2.29. The maximum atomic E-state index is 12.3. The van der Waals surface area contributed by atoms with Gasteiger partial charge in [0.1, 0.15) is 6.04 Å². The fourth-order valence-electron chi connectivity index (χ4n) is 3.35. The third kappa shape index (κ3) is 5.35. The van der Waals surface area contributed by atoms with Gasteiger partial charge in [0.2, 0.25) is 5.91 Å². The molecule has 2 N–H and O–H groups in total. The molecule has 2 atom stereocenters. The number of carbonyl (C=O) groups excluding carboxylic acids is 1. The summed E-state index contributed by atoms with van der Waals surface area (Å²) in [6.45, 7) is 0.870. The van der Waals surface area contributed by atoms with E-state index in [-0.39, 0.29) is 11.9 Å². The highest BCUT2D eigenvalue weighted by Gasteiger charge is 2.22. The van der Waals surface area contributed by atoms with Gasteiger partial charge < -0.3 is 10.6 Å². The van der Waals surface area contributed by atoms with Crippen LogP contribution in [0, 0.1) is 11.3 Å². The molecule has 140 valence electrons. The molecule has 5 heteroatoms. The molecule has 0 saturated carbocycles. The summed E-state index contributed by atoms with van der Waals surface area (Å²) in [7, 11) is 0. The van der Waals surface area contributed by atoms with Crippen molar-refractivity contribution in [2.24, 2.45) is 0 Å². The molecule has 0 aliphatic carbocycles. The number of nitrogens with one attached hydrogen (secondary N) is 2. The van der Waals surface area contributed by atoms with Crippen LogP contribution in [0.5, 0.6) is 0 Å². The van der Waals surface area contributed by atoms with Gasteiger partial charge in [-0.2, -0.15) is 5.26 Å². The van der Waals surface area contributed by atoms with Gasteiger partial charge in [0.25, 0.3) is 0 Å². The van der Waals surface area contributed by atoms with E-state index in [0.29, 0.717) is 6.42 Å². The molecule has 0 bridgehead atoms. The van der Waals surface area contributed by atoms with Crippen molar-refractivity contribution in [3.05, 3.63) is 54.1 Å². The zero-order chi connectivity index (χ0) is 19.1. The summed E-state index contributed by atoms with van der Waals surface area (Å²) in [4.78, 5) is 13.6. The first-order valence-corrected chi connectivity index (χ1v) is 10.6. The summed E-state index contributed by atoms with van der Waals surface area (Å²) in [5.41, 5.74) is 3.38. The van der Waals surface area contributed by atoms with E-state index in [1.54, 1.807) is 11.8 Å². The zero-order valence-electron chi connectivity index (χ0n) is 15.6. The fourth-order valence-corrected chi connectivity index (χ4v) is 3.81. The van der Waals surface area contributed by atoms with E-state index in [1.807, 2.05) is 12.1 Å². The van der Waals surface area contributed by atoms with Crippen molar-refractivity contribution in [2.45, 2.75) is 42.7 Å².